The lowest BCUT2D eigenvalue weighted by atomic mass is 9.98. The fourth-order valence-electron chi connectivity index (χ4n) is 9.19. The minimum atomic E-state index is -0.507. The van der Waals surface area contributed by atoms with Gasteiger partial charge < -0.3 is 112 Å². The van der Waals surface area contributed by atoms with Crippen LogP contribution in [0.4, 0.5) is 43.2 Å². The third-order valence-corrected chi connectivity index (χ3v) is 14.6. The van der Waals surface area contributed by atoms with Crippen LogP contribution in [-0.4, -0.2) is 204 Å². The van der Waals surface area contributed by atoms with Gasteiger partial charge in [0.05, 0.1) is 60.0 Å². The third kappa shape index (κ3) is 49.1. The topological polar surface area (TPSA) is 438 Å². The number of methoxy groups -OCH3 is 1. The van der Waals surface area contributed by atoms with Crippen molar-refractivity contribution >= 4 is 77.7 Å². The number of nitrogens with one attached hydrogen (secondary N) is 13. The summed E-state index contributed by atoms with van der Waals surface area (Å²) in [5.74, 6) is -2.18. The van der Waals surface area contributed by atoms with Gasteiger partial charge in [0, 0.05) is 58.0 Å². The molecule has 0 aromatic heterocycles. The number of hydrogen-bond donors (Lipinski definition) is 13. The van der Waals surface area contributed by atoms with Crippen molar-refractivity contribution in [2.45, 2.75) is 87.1 Å². The minimum Gasteiger partial charge on any atom is -0.497 e. The lowest BCUT2D eigenvalue weighted by Crippen LogP contribution is -2.42. The molecule has 0 aliphatic carbocycles. The molecule has 12 amide bonds. The largest absolute Gasteiger partial charge is 0.497 e. The second-order valence-electron chi connectivity index (χ2n) is 23.1. The molecule has 2 fully saturated rings. The average molecular weight is 1580 g/mol. The van der Waals surface area contributed by atoms with Gasteiger partial charge in [0.2, 0.25) is 0 Å². The van der Waals surface area contributed by atoms with E-state index >= 15 is 0 Å². The van der Waals surface area contributed by atoms with Crippen LogP contribution in [0.3, 0.4) is 0 Å². The molecule has 0 saturated carbocycles. The highest BCUT2D eigenvalue weighted by atomic mass is 19.1. The van der Waals surface area contributed by atoms with E-state index in [1.807, 2.05) is 78.9 Å². The van der Waals surface area contributed by atoms with Gasteiger partial charge >= 0.3 is 72.0 Å². The molecule has 2 heterocycles. The average Bonchev–Trinajstić information content (AvgIpc) is 0.843. The summed E-state index contributed by atoms with van der Waals surface area (Å²) >= 11 is 0. The zero-order valence-electron chi connectivity index (χ0n) is 64.5. The van der Waals surface area contributed by atoms with E-state index in [1.165, 1.54) is 24.3 Å². The molecule has 34 nitrogen and oxygen atoms in total. The lowest BCUT2D eigenvalue weighted by molar-refractivity contribution is -0.142. The first-order valence-electron chi connectivity index (χ1n) is 36.3. The molecule has 0 radical (unpaired) electrons. The third-order valence-electron chi connectivity index (χ3n) is 14.6. The number of halogens is 2. The van der Waals surface area contributed by atoms with Crippen LogP contribution in [0.15, 0.2) is 127 Å². The minimum absolute atomic E-state index is 0.0775. The van der Waals surface area contributed by atoms with Gasteiger partial charge in [0.15, 0.2) is 0 Å². The maximum Gasteiger partial charge on any atom is 0.325 e. The molecule has 0 atom stereocenters. The Hall–Kier alpha value is -12.1. The molecule has 2 aliphatic rings. The van der Waals surface area contributed by atoms with E-state index in [4.69, 9.17) is 18.9 Å². The summed E-state index contributed by atoms with van der Waals surface area (Å²) in [6.45, 7) is 18.6. The number of carbonyl (C=O) groups excluding carboxylic acids is 12. The van der Waals surface area contributed by atoms with Crippen LogP contribution in [0.25, 0.3) is 0 Å². The maximum atomic E-state index is 12.8. The summed E-state index contributed by atoms with van der Waals surface area (Å²) in [5, 5.41) is 33.6. The van der Waals surface area contributed by atoms with Crippen LogP contribution in [0.5, 0.6) is 5.75 Å². The highest BCUT2D eigenvalue weighted by Gasteiger charge is 2.18. The van der Waals surface area contributed by atoms with Crippen molar-refractivity contribution in [3.63, 3.8) is 0 Å². The Morgan fingerprint density at radius 1 is 0.384 bits per heavy atom. The van der Waals surface area contributed by atoms with Crippen LogP contribution in [0.2, 0.25) is 0 Å². The quantitative estimate of drug-likeness (QED) is 0.0194. The summed E-state index contributed by atoms with van der Waals surface area (Å²) < 4.78 is 64.0. The molecule has 112 heavy (non-hydrogen) atoms. The maximum absolute atomic E-state index is 12.8. The predicted octanol–water partition coefficient (Wildman–Crippen LogP) is 5.22. The molecule has 7 rings (SSSR count). The number of esters is 6. The standard InChI is InChI=1S/C16H23N3O4.C13H18N2O4.2C12H15FN2O3.C12H16N2O3.C11H21N3O3/c1-2-23-15(20)12-18-16(21)17-11-13-5-3-4-6-14(13)19-7-9-22-10-8-19;1-3-19-12(16)9-15-13(17)14-8-10-5-4-6-11(7-10)18-2;1-2-18-11(16)8-15-12(17)14-7-9-3-5-10(13)6-4-9;1-2-18-11(16)8-15-12(17)14-7-9-4-3-5-10(13)6-9;1-2-17-11(15)9-14-12(16)13-8-10-6-4-3-5-7-10;1-2-17-10(15)8-14-11(16)13-7-9-3-5-12-6-4-9/h3-6H,2,7-12H2,1H3,(H2,17,18,21);4-7H,3,8-9H2,1-2H3,(H2,14,15,17);2*3-6H,2,7-8H2,1H3,(H2,14,15,17);3-7H,2,8-9H2,1H3,(H2,13,14,16);9,12H,2-8H2,1H3,(H2,13,14,16). The van der Waals surface area contributed by atoms with Gasteiger partial charge in [-0.05, 0) is 144 Å². The van der Waals surface area contributed by atoms with E-state index in [9.17, 15) is 66.3 Å². The summed E-state index contributed by atoms with van der Waals surface area (Å²) in [6, 6.07) is 34.0. The highest BCUT2D eigenvalue weighted by molar-refractivity contribution is 5.84. The van der Waals surface area contributed by atoms with E-state index < -0.39 is 59.9 Å². The number of para-hydroxylation sites is 1. The van der Waals surface area contributed by atoms with Gasteiger partial charge in [-0.25, -0.2) is 37.5 Å². The fraction of sp³-hybridized carbons (Fsp3) is 0.447. The molecule has 0 unspecified atom stereocenters. The Morgan fingerprint density at radius 3 is 1.13 bits per heavy atom. The first-order valence-corrected chi connectivity index (χ1v) is 36.3. The number of hydrogen-bond acceptors (Lipinski definition) is 22. The first-order chi connectivity index (χ1) is 54.0. The molecular formula is C76H108F2N14O20. The number of carbonyl (C=O) groups is 12. The number of rotatable bonds is 32. The zero-order chi connectivity index (χ0) is 82.4. The van der Waals surface area contributed by atoms with Crippen molar-refractivity contribution in [3.05, 3.63) is 167 Å². The summed E-state index contributed by atoms with van der Waals surface area (Å²) in [6.07, 6.45) is 2.16. The first kappa shape index (κ1) is 96.0. The summed E-state index contributed by atoms with van der Waals surface area (Å²) in [4.78, 5) is 137. The van der Waals surface area contributed by atoms with Crippen molar-refractivity contribution in [1.82, 2.24) is 69.1 Å². The Labute approximate surface area is 651 Å². The number of morpholine rings is 1. The van der Waals surface area contributed by atoms with Crippen LogP contribution < -0.4 is 78.8 Å². The van der Waals surface area contributed by atoms with Crippen molar-refractivity contribution in [3.8, 4) is 5.75 Å². The molecule has 2 saturated heterocycles. The molecule has 0 bridgehead atoms. The Balaban J connectivity index is 0.000000458. The highest BCUT2D eigenvalue weighted by Crippen LogP contribution is 2.21. The van der Waals surface area contributed by atoms with Gasteiger partial charge in [-0.15, -0.1) is 0 Å². The van der Waals surface area contributed by atoms with Gasteiger partial charge in [0.1, 0.15) is 56.7 Å². The molecule has 36 heteroatoms. The number of nitrogens with zero attached hydrogens (tertiary/aromatic N) is 1. The molecule has 5 aromatic rings. The Morgan fingerprint density at radius 2 is 0.732 bits per heavy atom. The molecule has 616 valence electrons. The number of ether oxygens (including phenoxy) is 8. The van der Waals surface area contributed by atoms with Crippen molar-refractivity contribution < 1.29 is 104 Å². The number of anilines is 1. The monoisotopic (exact) mass is 1570 g/mol. The van der Waals surface area contributed by atoms with Crippen LogP contribution in [0, 0.1) is 17.6 Å². The second kappa shape index (κ2) is 60.8. The van der Waals surface area contributed by atoms with Crippen LogP contribution in [-0.2, 0) is 94.6 Å². The van der Waals surface area contributed by atoms with Gasteiger partial charge in [0.25, 0.3) is 0 Å². The van der Waals surface area contributed by atoms with Crippen molar-refractivity contribution in [2.24, 2.45) is 5.92 Å². The van der Waals surface area contributed by atoms with Crippen molar-refractivity contribution in [1.29, 1.82) is 0 Å². The Bertz CT molecular complexity index is 3600. The number of benzene rings is 5. The number of urea groups is 6. The SMILES string of the molecule is CCOC(=O)CNC(=O)NCC1CCNCC1.CCOC(=O)CNC(=O)NCc1ccc(F)cc1.CCOC(=O)CNC(=O)NCc1cccc(F)c1.CCOC(=O)CNC(=O)NCc1cccc(OC)c1.CCOC(=O)CNC(=O)NCc1ccccc1.CCOC(=O)CNC(=O)NCc1ccccc1N1CCOCC1. The Kier molecular flexibility index (Phi) is 52.1. The van der Waals surface area contributed by atoms with Gasteiger partial charge in [-0.1, -0.05) is 84.9 Å². The molecule has 2 aliphatic heterocycles. The summed E-state index contributed by atoms with van der Waals surface area (Å²) in [7, 11) is 1.58. The van der Waals surface area contributed by atoms with E-state index in [2.05, 4.69) is 93.0 Å². The lowest BCUT2D eigenvalue weighted by Gasteiger charge is -2.30. The van der Waals surface area contributed by atoms with E-state index in [-0.39, 0.29) is 89.3 Å². The van der Waals surface area contributed by atoms with E-state index in [1.54, 1.807) is 72.9 Å². The van der Waals surface area contributed by atoms with E-state index in [0.29, 0.717) is 77.3 Å². The molecule has 0 spiro atoms. The molecule has 13 N–H and O–H groups in total. The second-order valence-corrected chi connectivity index (χ2v) is 23.1. The number of piperidine rings is 1. The molecular weight excluding hydrogens is 1470 g/mol. The van der Waals surface area contributed by atoms with Crippen LogP contribution >= 0.6 is 0 Å². The van der Waals surface area contributed by atoms with Crippen LogP contribution in [0.1, 0.15) is 82.2 Å². The number of amides is 12. The van der Waals surface area contributed by atoms with Crippen molar-refractivity contribution in [2.75, 3.05) is 137 Å². The van der Waals surface area contributed by atoms with E-state index in [0.717, 1.165) is 72.7 Å². The normalized spacial score (nSPS) is 11.6. The van der Waals surface area contributed by atoms with Gasteiger partial charge in [-0.3, -0.25) is 28.8 Å². The zero-order valence-corrected chi connectivity index (χ0v) is 64.5. The van der Waals surface area contributed by atoms with Gasteiger partial charge in [-0.2, -0.15) is 0 Å². The summed E-state index contributed by atoms with van der Waals surface area (Å²) in [5.41, 5.74) is 5.44. The predicted molar refractivity (Wildman–Crippen MR) is 410 cm³/mol. The molecule has 5 aromatic carbocycles. The fourth-order valence-corrected chi connectivity index (χ4v) is 9.19. The smallest absolute Gasteiger partial charge is 0.325 e.